The van der Waals surface area contributed by atoms with Crippen LogP contribution >= 0.6 is 12.4 Å². The minimum atomic E-state index is -0.580. The van der Waals surface area contributed by atoms with Crippen molar-refractivity contribution in [2.75, 3.05) is 33.9 Å². The Morgan fingerprint density at radius 3 is 2.19 bits per heavy atom. The lowest BCUT2D eigenvalue weighted by atomic mass is 9.83. The number of likely N-dealkylation sites (N-methyl/N-ethyl adjacent to an activating group) is 1. The van der Waals surface area contributed by atoms with E-state index < -0.39 is 11.8 Å². The number of nitrogens with one attached hydrogen (secondary N) is 1. The van der Waals surface area contributed by atoms with E-state index in [9.17, 15) is 9.59 Å². The highest BCUT2D eigenvalue weighted by atomic mass is 35.5. The van der Waals surface area contributed by atoms with Gasteiger partial charge >= 0.3 is 0 Å². The number of aromatic nitrogens is 2. The number of carbonyl (C=O) groups is 2. The van der Waals surface area contributed by atoms with Gasteiger partial charge in [-0.1, -0.05) is 36.4 Å². The van der Waals surface area contributed by atoms with Gasteiger partial charge in [0.05, 0.1) is 18.4 Å². The molecule has 36 heavy (non-hydrogen) atoms. The molecule has 188 valence electrons. The molecule has 1 N–H and O–H groups in total. The summed E-state index contributed by atoms with van der Waals surface area (Å²) in [5.74, 6) is -1.61. The van der Waals surface area contributed by atoms with E-state index in [1.807, 2.05) is 36.5 Å². The van der Waals surface area contributed by atoms with Gasteiger partial charge in [0, 0.05) is 59.9 Å². The minimum absolute atomic E-state index is 0. The van der Waals surface area contributed by atoms with Crippen molar-refractivity contribution in [3.8, 4) is 0 Å². The summed E-state index contributed by atoms with van der Waals surface area (Å²) in [4.78, 5) is 28.8. The zero-order valence-electron chi connectivity index (χ0n) is 20.5. The molecule has 2 aromatic carbocycles. The van der Waals surface area contributed by atoms with Crippen LogP contribution in [0.15, 0.2) is 60.9 Å². The zero-order chi connectivity index (χ0) is 24.1. The van der Waals surface area contributed by atoms with E-state index in [2.05, 4.69) is 57.8 Å². The summed E-state index contributed by atoms with van der Waals surface area (Å²) in [6.07, 6.45) is 5.01. The number of imide groups is 1. The molecule has 2 aliphatic heterocycles. The quantitative estimate of drug-likeness (QED) is 0.416. The van der Waals surface area contributed by atoms with Crippen molar-refractivity contribution >= 4 is 46.0 Å². The van der Waals surface area contributed by atoms with Gasteiger partial charge in [-0.3, -0.25) is 14.9 Å². The second-order valence-electron chi connectivity index (χ2n) is 9.93. The predicted molar refractivity (Wildman–Crippen MR) is 143 cm³/mol. The number of halogens is 1. The Morgan fingerprint density at radius 1 is 0.889 bits per heavy atom. The summed E-state index contributed by atoms with van der Waals surface area (Å²) in [5.41, 5.74) is 3.94. The summed E-state index contributed by atoms with van der Waals surface area (Å²) in [5, 5.41) is 4.69. The minimum Gasteiger partial charge on any atom is -0.380 e. The van der Waals surface area contributed by atoms with E-state index >= 15 is 0 Å². The van der Waals surface area contributed by atoms with E-state index in [0.29, 0.717) is 19.8 Å². The molecule has 1 saturated heterocycles. The highest BCUT2D eigenvalue weighted by Crippen LogP contribution is 2.44. The first kappa shape index (κ1) is 24.6. The van der Waals surface area contributed by atoms with Gasteiger partial charge in [-0.05, 0) is 43.8 Å². The molecule has 0 saturated carbocycles. The van der Waals surface area contributed by atoms with Crippen molar-refractivity contribution in [3.63, 3.8) is 0 Å². The standard InChI is InChI=1S/C28H30N4O3.ClH/c1-30(2)15-18-11-13-35-14-12-31-16-21(19-7-3-5-9-23(19)31)25-26(28(34)29-27(25)33)22-17-32(18)24-10-6-4-8-20(22)24;/h3-10,16-18,25-26H,11-15H2,1-2H3,(H,29,33,34);1H/t18-,25?,26?;/m0./s1. The number of hydrogen-bond donors (Lipinski definition) is 1. The van der Waals surface area contributed by atoms with E-state index in [1.165, 1.54) is 0 Å². The summed E-state index contributed by atoms with van der Waals surface area (Å²) in [6, 6.07) is 16.5. The maximum absolute atomic E-state index is 13.3. The highest BCUT2D eigenvalue weighted by Gasteiger charge is 2.46. The molecule has 2 unspecified atom stereocenters. The molecule has 4 aromatic rings. The number of carbonyl (C=O) groups excluding carboxylic acids is 2. The van der Waals surface area contributed by atoms with Crippen molar-refractivity contribution in [2.24, 2.45) is 0 Å². The molecule has 7 nitrogen and oxygen atoms in total. The highest BCUT2D eigenvalue weighted by molar-refractivity contribution is 6.13. The third kappa shape index (κ3) is 4.01. The van der Waals surface area contributed by atoms with Crippen LogP contribution < -0.4 is 5.32 Å². The number of para-hydroxylation sites is 2. The Hall–Kier alpha value is -3.13. The zero-order valence-corrected chi connectivity index (χ0v) is 21.3. The first-order valence-corrected chi connectivity index (χ1v) is 12.3. The Kier molecular flexibility index (Phi) is 6.64. The van der Waals surface area contributed by atoms with E-state index in [4.69, 9.17) is 4.74 Å². The molecule has 2 amide bonds. The van der Waals surface area contributed by atoms with Crippen LogP contribution in [0.3, 0.4) is 0 Å². The maximum Gasteiger partial charge on any atom is 0.235 e. The number of nitrogens with zero attached hydrogens (tertiary/aromatic N) is 3. The van der Waals surface area contributed by atoms with Gasteiger partial charge in [0.25, 0.3) is 0 Å². The molecule has 4 heterocycles. The number of rotatable bonds is 2. The van der Waals surface area contributed by atoms with Crippen LogP contribution in [0.1, 0.15) is 35.4 Å². The number of amides is 2. The van der Waals surface area contributed by atoms with Crippen LogP contribution in [0.4, 0.5) is 0 Å². The normalized spacial score (nSPS) is 22.4. The molecule has 6 rings (SSSR count). The molecule has 4 bridgehead atoms. The topological polar surface area (TPSA) is 68.5 Å². The van der Waals surface area contributed by atoms with Crippen molar-refractivity contribution in [1.82, 2.24) is 19.4 Å². The molecular formula is C28H31ClN4O3. The first-order valence-electron chi connectivity index (χ1n) is 12.3. The van der Waals surface area contributed by atoms with Crippen LogP contribution in [-0.4, -0.2) is 59.7 Å². The lowest BCUT2D eigenvalue weighted by Crippen LogP contribution is -2.25. The Bertz CT molecular complexity index is 1440. The summed E-state index contributed by atoms with van der Waals surface area (Å²) in [7, 11) is 4.15. The Labute approximate surface area is 216 Å². The molecule has 3 atom stereocenters. The molecular weight excluding hydrogens is 476 g/mol. The SMILES string of the molecule is CN(C)C[C@@H]1CCOCCn2cc(c3ccccc32)C2C(=O)NC(=O)C2c2cn1c1ccccc21.Cl. The van der Waals surface area contributed by atoms with Crippen molar-refractivity contribution in [1.29, 1.82) is 0 Å². The lowest BCUT2D eigenvalue weighted by Gasteiger charge is -2.24. The molecule has 1 fully saturated rings. The van der Waals surface area contributed by atoms with E-state index in [-0.39, 0.29) is 30.3 Å². The first-order chi connectivity index (χ1) is 17.0. The number of fused-ring (bicyclic) bond motifs is 13. The lowest BCUT2D eigenvalue weighted by molar-refractivity contribution is -0.125. The van der Waals surface area contributed by atoms with Crippen LogP contribution in [0.25, 0.3) is 21.8 Å². The molecule has 0 spiro atoms. The van der Waals surface area contributed by atoms with Crippen LogP contribution in [0.5, 0.6) is 0 Å². The summed E-state index contributed by atoms with van der Waals surface area (Å²) < 4.78 is 10.5. The molecule has 8 heteroatoms. The number of hydrogen-bond acceptors (Lipinski definition) is 4. The van der Waals surface area contributed by atoms with Gasteiger partial charge in [-0.25, -0.2) is 0 Å². The fourth-order valence-corrected chi connectivity index (χ4v) is 5.94. The summed E-state index contributed by atoms with van der Waals surface area (Å²) in [6.45, 7) is 2.78. The third-order valence-electron chi connectivity index (χ3n) is 7.45. The molecule has 2 aromatic heterocycles. The third-order valence-corrected chi connectivity index (χ3v) is 7.45. The molecule has 0 radical (unpaired) electrons. The predicted octanol–water partition coefficient (Wildman–Crippen LogP) is 4.06. The van der Waals surface area contributed by atoms with Gasteiger partial charge in [-0.15, -0.1) is 12.4 Å². The van der Waals surface area contributed by atoms with Crippen LogP contribution in [-0.2, 0) is 20.9 Å². The van der Waals surface area contributed by atoms with Gasteiger partial charge in [-0.2, -0.15) is 0 Å². The second-order valence-corrected chi connectivity index (χ2v) is 9.93. The number of ether oxygens (including phenoxy) is 1. The fraction of sp³-hybridized carbons (Fsp3) is 0.357. The summed E-state index contributed by atoms with van der Waals surface area (Å²) >= 11 is 0. The van der Waals surface area contributed by atoms with Gasteiger partial charge in [0.2, 0.25) is 11.8 Å². The largest absolute Gasteiger partial charge is 0.380 e. The van der Waals surface area contributed by atoms with Crippen molar-refractivity contribution in [2.45, 2.75) is 30.8 Å². The van der Waals surface area contributed by atoms with Crippen LogP contribution in [0, 0.1) is 0 Å². The Balaban J connectivity index is 0.00000267. The van der Waals surface area contributed by atoms with Gasteiger partial charge < -0.3 is 18.8 Å². The van der Waals surface area contributed by atoms with Gasteiger partial charge in [0.1, 0.15) is 0 Å². The monoisotopic (exact) mass is 506 g/mol. The van der Waals surface area contributed by atoms with Gasteiger partial charge in [0.15, 0.2) is 0 Å². The van der Waals surface area contributed by atoms with Crippen LogP contribution in [0.2, 0.25) is 0 Å². The number of benzene rings is 2. The second kappa shape index (κ2) is 9.73. The van der Waals surface area contributed by atoms with Crippen molar-refractivity contribution in [3.05, 3.63) is 72.1 Å². The maximum atomic E-state index is 13.3. The molecule has 2 aliphatic rings. The van der Waals surface area contributed by atoms with E-state index in [1.54, 1.807) is 0 Å². The fourth-order valence-electron chi connectivity index (χ4n) is 5.94. The molecule has 0 aliphatic carbocycles. The van der Waals surface area contributed by atoms with E-state index in [0.717, 1.165) is 45.9 Å². The smallest absolute Gasteiger partial charge is 0.235 e. The average Bonchev–Trinajstić information content (AvgIpc) is 3.48. The van der Waals surface area contributed by atoms with Crippen molar-refractivity contribution < 1.29 is 14.3 Å². The Morgan fingerprint density at radius 2 is 1.50 bits per heavy atom. The average molecular weight is 507 g/mol.